The second kappa shape index (κ2) is 7.19. The van der Waals surface area contributed by atoms with Gasteiger partial charge in [0.15, 0.2) is 5.78 Å². The van der Waals surface area contributed by atoms with Crippen LogP contribution in [0.3, 0.4) is 0 Å². The molecule has 1 N–H and O–H groups in total. The van der Waals surface area contributed by atoms with Gasteiger partial charge in [-0.3, -0.25) is 9.59 Å². The number of para-hydroxylation sites is 1. The molecule has 1 amide bonds. The van der Waals surface area contributed by atoms with E-state index in [2.05, 4.69) is 5.32 Å². The van der Waals surface area contributed by atoms with Crippen molar-refractivity contribution in [2.75, 3.05) is 0 Å². The van der Waals surface area contributed by atoms with Crippen molar-refractivity contribution in [1.29, 1.82) is 0 Å². The van der Waals surface area contributed by atoms with Crippen molar-refractivity contribution < 1.29 is 14.0 Å². The van der Waals surface area contributed by atoms with Crippen LogP contribution in [0, 0.1) is 0 Å². The number of ketones is 1. The molecule has 5 heteroatoms. The predicted octanol–water partition coefficient (Wildman–Crippen LogP) is 4.49. The maximum Gasteiger partial charge on any atom is 0.268 e. The molecule has 0 bridgehead atoms. The van der Waals surface area contributed by atoms with Crippen molar-refractivity contribution in [2.45, 2.75) is 13.0 Å². The molecule has 2 heterocycles. The number of furan rings is 1. The highest BCUT2D eigenvalue weighted by Gasteiger charge is 2.23. The fourth-order valence-corrected chi connectivity index (χ4v) is 3.30. The van der Waals surface area contributed by atoms with Crippen LogP contribution in [0.4, 0.5) is 0 Å². The van der Waals surface area contributed by atoms with E-state index in [1.54, 1.807) is 23.9 Å². The maximum absolute atomic E-state index is 13.0. The summed E-state index contributed by atoms with van der Waals surface area (Å²) in [5, 5.41) is 4.03. The largest absolute Gasteiger partial charge is 0.459 e. The Morgan fingerprint density at radius 3 is 2.39 bits per heavy atom. The normalized spacial score (nSPS) is 12.1. The summed E-state index contributed by atoms with van der Waals surface area (Å²) < 4.78 is 7.68. The van der Waals surface area contributed by atoms with Crippen molar-refractivity contribution in [3.05, 3.63) is 95.5 Å². The second-order valence-electron chi connectivity index (χ2n) is 6.78. The van der Waals surface area contributed by atoms with Gasteiger partial charge in [0.1, 0.15) is 23.1 Å². The van der Waals surface area contributed by atoms with E-state index in [0.29, 0.717) is 17.0 Å². The fourth-order valence-electron chi connectivity index (χ4n) is 3.30. The molecule has 0 saturated carbocycles. The van der Waals surface area contributed by atoms with E-state index in [-0.39, 0.29) is 11.7 Å². The number of hydrogen-bond donors (Lipinski definition) is 1. The van der Waals surface area contributed by atoms with E-state index in [9.17, 15) is 9.59 Å². The second-order valence-corrected chi connectivity index (χ2v) is 6.78. The van der Waals surface area contributed by atoms with E-state index < -0.39 is 6.04 Å². The number of carbonyl (C=O) groups excluding carboxylic acids is 2. The zero-order valence-corrected chi connectivity index (χ0v) is 15.7. The molecule has 2 aromatic carbocycles. The molecule has 4 rings (SSSR count). The third-order valence-corrected chi connectivity index (χ3v) is 4.78. The number of nitrogens with zero attached hydrogens (tertiary/aromatic N) is 1. The predicted molar refractivity (Wildman–Crippen MR) is 107 cm³/mol. The first-order valence-corrected chi connectivity index (χ1v) is 9.04. The lowest BCUT2D eigenvalue weighted by molar-refractivity contribution is 0.0931. The van der Waals surface area contributed by atoms with Crippen LogP contribution in [0.1, 0.15) is 45.1 Å². The Morgan fingerprint density at radius 1 is 1.00 bits per heavy atom. The van der Waals surface area contributed by atoms with Gasteiger partial charge in [0.05, 0.1) is 0 Å². The van der Waals surface area contributed by atoms with Crippen molar-refractivity contribution in [3.63, 3.8) is 0 Å². The minimum atomic E-state index is -0.447. The summed E-state index contributed by atoms with van der Waals surface area (Å²) in [6.45, 7) is 1.48. The summed E-state index contributed by atoms with van der Waals surface area (Å²) in [6.07, 6.45) is 1.66. The summed E-state index contributed by atoms with van der Waals surface area (Å²) in [7, 11) is 1.75. The molecule has 0 aliphatic heterocycles. The quantitative estimate of drug-likeness (QED) is 0.525. The van der Waals surface area contributed by atoms with E-state index in [4.69, 9.17) is 4.42 Å². The van der Waals surface area contributed by atoms with Crippen LogP contribution in [0.25, 0.3) is 11.0 Å². The number of hydrogen-bond acceptors (Lipinski definition) is 3. The molecular formula is C23H20N2O3. The van der Waals surface area contributed by atoms with Gasteiger partial charge >= 0.3 is 0 Å². The van der Waals surface area contributed by atoms with Crippen molar-refractivity contribution in [3.8, 4) is 0 Å². The smallest absolute Gasteiger partial charge is 0.268 e. The molecule has 5 nitrogen and oxygen atoms in total. The van der Waals surface area contributed by atoms with Gasteiger partial charge in [-0.15, -0.1) is 0 Å². The SMILES string of the molecule is CC(=O)c1cc(C(=O)N[C@@H](c2ccccc2)c2cc3ccccc3o2)n(C)c1. The van der Waals surface area contributed by atoms with Gasteiger partial charge in [0.2, 0.25) is 0 Å². The van der Waals surface area contributed by atoms with Gasteiger partial charge in [0.25, 0.3) is 5.91 Å². The Bertz CT molecular complexity index is 1120. The molecule has 4 aromatic rings. The molecule has 0 unspecified atom stereocenters. The van der Waals surface area contributed by atoms with Crippen LogP contribution >= 0.6 is 0 Å². The van der Waals surface area contributed by atoms with Crippen LogP contribution in [0.2, 0.25) is 0 Å². The zero-order valence-electron chi connectivity index (χ0n) is 15.7. The Labute approximate surface area is 162 Å². The molecule has 2 aromatic heterocycles. The number of Topliss-reactive ketones (excluding diaryl/α,β-unsaturated/α-hetero) is 1. The zero-order chi connectivity index (χ0) is 19.7. The van der Waals surface area contributed by atoms with E-state index in [1.165, 1.54) is 6.92 Å². The van der Waals surface area contributed by atoms with Gasteiger partial charge in [-0.25, -0.2) is 0 Å². The lowest BCUT2D eigenvalue weighted by atomic mass is 10.0. The van der Waals surface area contributed by atoms with Crippen LogP contribution in [-0.4, -0.2) is 16.3 Å². The van der Waals surface area contributed by atoms with E-state index >= 15 is 0 Å². The summed E-state index contributed by atoms with van der Waals surface area (Å²) >= 11 is 0. The highest BCUT2D eigenvalue weighted by atomic mass is 16.3. The van der Waals surface area contributed by atoms with Crippen LogP contribution in [0.15, 0.2) is 77.3 Å². The number of carbonyl (C=O) groups is 2. The lowest BCUT2D eigenvalue weighted by Gasteiger charge is -2.17. The molecule has 0 fully saturated rings. The fraction of sp³-hybridized carbons (Fsp3) is 0.130. The number of nitrogens with one attached hydrogen (secondary N) is 1. The molecule has 1 atom stereocenters. The summed E-state index contributed by atoms with van der Waals surface area (Å²) in [6, 6.07) is 20.5. The third-order valence-electron chi connectivity index (χ3n) is 4.78. The van der Waals surface area contributed by atoms with Gasteiger partial charge in [-0.1, -0.05) is 48.5 Å². The van der Waals surface area contributed by atoms with Gasteiger partial charge < -0.3 is 14.3 Å². The monoisotopic (exact) mass is 372 g/mol. The van der Waals surface area contributed by atoms with Crippen LogP contribution in [0.5, 0.6) is 0 Å². The maximum atomic E-state index is 13.0. The Kier molecular flexibility index (Phi) is 4.57. The van der Waals surface area contributed by atoms with Gasteiger partial charge in [0, 0.05) is 24.2 Å². The topological polar surface area (TPSA) is 64.2 Å². The number of aryl methyl sites for hydroxylation is 1. The van der Waals surface area contributed by atoms with Crippen molar-refractivity contribution in [1.82, 2.24) is 9.88 Å². The average Bonchev–Trinajstić information content (AvgIpc) is 3.30. The number of rotatable bonds is 5. The molecule has 0 aliphatic rings. The first-order valence-electron chi connectivity index (χ1n) is 9.04. The molecule has 0 spiro atoms. The third kappa shape index (κ3) is 3.34. The first-order chi connectivity index (χ1) is 13.5. The highest BCUT2D eigenvalue weighted by molar-refractivity contribution is 5.99. The molecule has 140 valence electrons. The van der Waals surface area contributed by atoms with Crippen LogP contribution in [-0.2, 0) is 7.05 Å². The van der Waals surface area contributed by atoms with Gasteiger partial charge in [-0.05, 0) is 30.7 Å². The average molecular weight is 372 g/mol. The summed E-state index contributed by atoms with van der Waals surface area (Å²) in [4.78, 5) is 24.6. The van der Waals surface area contributed by atoms with Gasteiger partial charge in [-0.2, -0.15) is 0 Å². The molecule has 0 saturated heterocycles. The lowest BCUT2D eigenvalue weighted by Crippen LogP contribution is -2.30. The van der Waals surface area contributed by atoms with E-state index in [0.717, 1.165) is 16.5 Å². The minimum Gasteiger partial charge on any atom is -0.459 e. The number of fused-ring (bicyclic) bond motifs is 1. The number of benzene rings is 2. The Morgan fingerprint density at radius 2 is 1.71 bits per heavy atom. The van der Waals surface area contributed by atoms with Crippen molar-refractivity contribution >= 4 is 22.7 Å². The van der Waals surface area contributed by atoms with Crippen molar-refractivity contribution in [2.24, 2.45) is 7.05 Å². The van der Waals surface area contributed by atoms with Crippen LogP contribution < -0.4 is 5.32 Å². The first kappa shape index (κ1) is 17.8. The minimum absolute atomic E-state index is 0.0773. The Balaban J connectivity index is 1.72. The van der Waals surface area contributed by atoms with E-state index in [1.807, 2.05) is 60.7 Å². The molecule has 28 heavy (non-hydrogen) atoms. The summed E-state index contributed by atoms with van der Waals surface area (Å²) in [5.41, 5.74) is 2.61. The highest BCUT2D eigenvalue weighted by Crippen LogP contribution is 2.28. The molecule has 0 aliphatic carbocycles. The summed E-state index contributed by atoms with van der Waals surface area (Å²) in [5.74, 6) is 0.303. The molecule has 0 radical (unpaired) electrons. The number of amides is 1. The Hall–Kier alpha value is -3.60. The molecular weight excluding hydrogens is 352 g/mol. The number of aromatic nitrogens is 1. The standard InChI is InChI=1S/C23H20N2O3/c1-15(26)18-12-19(25(2)14-18)23(27)24-22(16-8-4-3-5-9-16)21-13-17-10-6-7-11-20(17)28-21/h3-14,22H,1-2H3,(H,24,27)/t22-/m0/s1.